The Balaban J connectivity index is 2.50. The van der Waals surface area contributed by atoms with Gasteiger partial charge >= 0.3 is 10.2 Å². The Morgan fingerprint density at radius 2 is 2.18 bits per heavy atom. The van der Waals surface area contributed by atoms with Crippen molar-refractivity contribution in [2.45, 2.75) is 6.04 Å². The second-order valence-electron chi connectivity index (χ2n) is 2.67. The van der Waals surface area contributed by atoms with Crippen LogP contribution < -0.4 is 5.73 Å². The molecule has 1 saturated heterocycles. The van der Waals surface area contributed by atoms with Crippen molar-refractivity contribution in [1.29, 1.82) is 0 Å². The highest BCUT2D eigenvalue weighted by molar-refractivity contribution is 7.86. The van der Waals surface area contributed by atoms with Crippen LogP contribution in [0.2, 0.25) is 0 Å². The fraction of sp³-hybridized carbons (Fsp3) is 1.00. The van der Waals surface area contributed by atoms with Gasteiger partial charge in [-0.25, -0.2) is 0 Å². The van der Waals surface area contributed by atoms with Crippen molar-refractivity contribution in [1.82, 2.24) is 0 Å². The molecular formula is C5H10FNO3S. The lowest BCUT2D eigenvalue weighted by atomic mass is 10.1. The summed E-state index contributed by atoms with van der Waals surface area (Å²) in [5.41, 5.74) is 5.43. The lowest BCUT2D eigenvalue weighted by molar-refractivity contribution is 0.186. The summed E-state index contributed by atoms with van der Waals surface area (Å²) in [4.78, 5) is 0. The molecule has 0 aromatic rings. The van der Waals surface area contributed by atoms with Crippen LogP contribution in [-0.2, 0) is 15.0 Å². The first-order valence-corrected chi connectivity index (χ1v) is 4.80. The minimum atomic E-state index is -4.40. The Kier molecular flexibility index (Phi) is 2.46. The fourth-order valence-electron chi connectivity index (χ4n) is 1.04. The van der Waals surface area contributed by atoms with Crippen molar-refractivity contribution in [2.24, 2.45) is 11.7 Å². The molecular weight excluding hydrogens is 173 g/mol. The third-order valence-corrected chi connectivity index (χ3v) is 2.49. The van der Waals surface area contributed by atoms with Crippen molar-refractivity contribution < 1.29 is 17.0 Å². The molecule has 0 bridgehead atoms. The van der Waals surface area contributed by atoms with Gasteiger partial charge in [-0.15, -0.1) is 3.89 Å². The summed E-state index contributed by atoms with van der Waals surface area (Å²) < 4.78 is 37.2. The highest BCUT2D eigenvalue weighted by atomic mass is 32.3. The van der Waals surface area contributed by atoms with Crippen molar-refractivity contribution in [2.75, 3.05) is 19.0 Å². The van der Waals surface area contributed by atoms with E-state index in [1.165, 1.54) is 0 Å². The Morgan fingerprint density at radius 3 is 2.55 bits per heavy atom. The van der Waals surface area contributed by atoms with E-state index in [0.717, 1.165) is 0 Å². The standard InChI is InChI=1S/C5H10FNO3S/c6-11(8,9)3-4-1-10-2-5(4)7/h4-5H,1-3,7H2. The molecule has 1 heterocycles. The van der Waals surface area contributed by atoms with E-state index in [1.54, 1.807) is 0 Å². The second-order valence-corrected chi connectivity index (χ2v) is 4.08. The van der Waals surface area contributed by atoms with E-state index < -0.39 is 16.0 Å². The number of rotatable bonds is 2. The van der Waals surface area contributed by atoms with Crippen LogP contribution in [0.4, 0.5) is 3.89 Å². The predicted octanol–water partition coefficient (Wildman–Crippen LogP) is -0.741. The lowest BCUT2D eigenvalue weighted by Gasteiger charge is -2.08. The number of hydrogen-bond acceptors (Lipinski definition) is 4. The Labute approximate surface area is 64.7 Å². The van der Waals surface area contributed by atoms with Gasteiger partial charge in [-0.1, -0.05) is 0 Å². The van der Waals surface area contributed by atoms with Gasteiger partial charge in [-0.2, -0.15) is 8.42 Å². The van der Waals surface area contributed by atoms with E-state index in [2.05, 4.69) is 0 Å². The predicted molar refractivity (Wildman–Crippen MR) is 37.2 cm³/mol. The summed E-state index contributed by atoms with van der Waals surface area (Å²) in [5.74, 6) is -0.904. The third kappa shape index (κ3) is 2.72. The maximum absolute atomic E-state index is 12.1. The number of nitrogens with two attached hydrogens (primary N) is 1. The average molecular weight is 183 g/mol. The lowest BCUT2D eigenvalue weighted by Crippen LogP contribution is -2.32. The van der Waals surface area contributed by atoms with E-state index in [1.807, 2.05) is 0 Å². The molecule has 1 rings (SSSR count). The van der Waals surface area contributed by atoms with E-state index >= 15 is 0 Å². The normalized spacial score (nSPS) is 32.5. The summed E-state index contributed by atoms with van der Waals surface area (Å²) in [6, 6.07) is -0.347. The van der Waals surface area contributed by atoms with Crippen molar-refractivity contribution in [3.05, 3.63) is 0 Å². The highest BCUT2D eigenvalue weighted by Gasteiger charge is 2.29. The minimum Gasteiger partial charge on any atom is -0.379 e. The summed E-state index contributed by atoms with van der Waals surface area (Å²) in [6.07, 6.45) is 0. The molecule has 4 nitrogen and oxygen atoms in total. The average Bonchev–Trinajstić information content (AvgIpc) is 2.12. The van der Waals surface area contributed by atoms with Crippen molar-refractivity contribution in [3.8, 4) is 0 Å². The first-order chi connectivity index (χ1) is 4.99. The molecule has 0 spiro atoms. The first kappa shape index (κ1) is 8.89. The van der Waals surface area contributed by atoms with Gasteiger partial charge in [-0.05, 0) is 0 Å². The molecule has 1 aliphatic heterocycles. The van der Waals surface area contributed by atoms with Crippen molar-refractivity contribution in [3.63, 3.8) is 0 Å². The number of hydrogen-bond donors (Lipinski definition) is 1. The summed E-state index contributed by atoms with van der Waals surface area (Å²) in [6.45, 7) is 0.560. The second kappa shape index (κ2) is 3.04. The molecule has 1 fully saturated rings. The van der Waals surface area contributed by atoms with Gasteiger partial charge in [-0.3, -0.25) is 0 Å². The van der Waals surface area contributed by atoms with Crippen LogP contribution in [0.1, 0.15) is 0 Å². The van der Waals surface area contributed by atoms with Crippen LogP contribution in [0.5, 0.6) is 0 Å². The quantitative estimate of drug-likeness (QED) is 0.572. The SMILES string of the molecule is NC1COCC1CS(=O)(=O)F. The molecule has 0 aromatic carbocycles. The van der Waals surface area contributed by atoms with Crippen LogP contribution in [0.3, 0.4) is 0 Å². The van der Waals surface area contributed by atoms with Crippen LogP contribution in [0.15, 0.2) is 0 Å². The zero-order valence-electron chi connectivity index (χ0n) is 5.86. The Hall–Kier alpha value is -0.200. The first-order valence-electron chi connectivity index (χ1n) is 3.25. The molecule has 0 saturated carbocycles. The molecule has 2 unspecified atom stereocenters. The molecule has 1 aliphatic rings. The van der Waals surface area contributed by atoms with Gasteiger partial charge in [0, 0.05) is 12.0 Å². The molecule has 2 atom stereocenters. The zero-order chi connectivity index (χ0) is 8.48. The topological polar surface area (TPSA) is 69.4 Å². The number of halogens is 1. The minimum absolute atomic E-state index is 0.240. The van der Waals surface area contributed by atoms with Crippen LogP contribution >= 0.6 is 0 Å². The maximum Gasteiger partial charge on any atom is 0.302 e. The van der Waals surface area contributed by atoms with E-state index in [9.17, 15) is 12.3 Å². The zero-order valence-corrected chi connectivity index (χ0v) is 6.68. The van der Waals surface area contributed by atoms with Crippen molar-refractivity contribution >= 4 is 10.2 Å². The molecule has 2 N–H and O–H groups in total. The molecule has 11 heavy (non-hydrogen) atoms. The van der Waals surface area contributed by atoms with Crippen LogP contribution in [0, 0.1) is 5.92 Å². The smallest absolute Gasteiger partial charge is 0.302 e. The van der Waals surface area contributed by atoms with Crippen LogP contribution in [-0.4, -0.2) is 33.4 Å². The molecule has 66 valence electrons. The third-order valence-electron chi connectivity index (χ3n) is 1.66. The largest absolute Gasteiger partial charge is 0.379 e. The van der Waals surface area contributed by atoms with Gasteiger partial charge in [0.1, 0.15) is 0 Å². The maximum atomic E-state index is 12.1. The monoisotopic (exact) mass is 183 g/mol. The van der Waals surface area contributed by atoms with E-state index in [4.69, 9.17) is 10.5 Å². The molecule has 0 aliphatic carbocycles. The summed E-state index contributed by atoms with van der Waals surface area (Å²) in [5, 5.41) is 0. The molecule has 0 radical (unpaired) electrons. The molecule has 0 aromatic heterocycles. The van der Waals surface area contributed by atoms with Crippen LogP contribution in [0.25, 0.3) is 0 Å². The highest BCUT2D eigenvalue weighted by Crippen LogP contribution is 2.14. The van der Waals surface area contributed by atoms with Gasteiger partial charge in [0.2, 0.25) is 0 Å². The summed E-state index contributed by atoms with van der Waals surface area (Å²) in [7, 11) is -4.40. The number of ether oxygens (including phenoxy) is 1. The van der Waals surface area contributed by atoms with E-state index in [-0.39, 0.29) is 18.6 Å². The van der Waals surface area contributed by atoms with E-state index in [0.29, 0.717) is 6.61 Å². The van der Waals surface area contributed by atoms with Gasteiger partial charge < -0.3 is 10.5 Å². The van der Waals surface area contributed by atoms with Gasteiger partial charge in [0.05, 0.1) is 19.0 Å². The van der Waals surface area contributed by atoms with Gasteiger partial charge in [0.15, 0.2) is 0 Å². The Bertz CT molecular complexity index is 228. The Morgan fingerprint density at radius 1 is 1.55 bits per heavy atom. The summed E-state index contributed by atoms with van der Waals surface area (Å²) >= 11 is 0. The molecule has 6 heteroatoms. The molecule has 0 amide bonds. The fourth-order valence-corrected chi connectivity index (χ4v) is 1.90. The van der Waals surface area contributed by atoms with Gasteiger partial charge in [0.25, 0.3) is 0 Å².